The van der Waals surface area contributed by atoms with E-state index in [4.69, 9.17) is 11.5 Å². The number of aryl methyl sites for hydroxylation is 2. The molecule has 2 unspecified atom stereocenters. The Morgan fingerprint density at radius 3 is 2.90 bits per heavy atom. The highest BCUT2D eigenvalue weighted by Crippen LogP contribution is 2.37. The molecule has 1 fully saturated rings. The van der Waals surface area contributed by atoms with Gasteiger partial charge in [-0.1, -0.05) is 6.42 Å². The second-order valence-electron chi connectivity index (χ2n) is 5.76. The first kappa shape index (κ1) is 15.3. The Labute approximate surface area is 124 Å². The van der Waals surface area contributed by atoms with Gasteiger partial charge in [0, 0.05) is 5.69 Å². The first-order valence-corrected chi connectivity index (χ1v) is 8.07. The van der Waals surface area contributed by atoms with Crippen molar-refractivity contribution < 1.29 is 4.79 Å². The summed E-state index contributed by atoms with van der Waals surface area (Å²) in [4.78, 5) is 16.0. The van der Waals surface area contributed by atoms with Crippen molar-refractivity contribution >= 4 is 17.7 Å². The number of carbonyl (C=O) groups is 1. The maximum atomic E-state index is 11.5. The second-order valence-corrected chi connectivity index (χ2v) is 6.87. The van der Waals surface area contributed by atoms with Crippen LogP contribution in [-0.2, 0) is 4.79 Å². The van der Waals surface area contributed by atoms with Crippen LogP contribution in [0.2, 0.25) is 0 Å². The van der Waals surface area contributed by atoms with E-state index in [0.717, 1.165) is 42.2 Å². The van der Waals surface area contributed by atoms with Crippen molar-refractivity contribution in [1.82, 2.24) is 4.98 Å². The van der Waals surface area contributed by atoms with Crippen molar-refractivity contribution in [2.45, 2.75) is 50.1 Å². The zero-order valence-electron chi connectivity index (χ0n) is 12.2. The van der Waals surface area contributed by atoms with E-state index in [1.807, 2.05) is 6.92 Å². The molecule has 1 heterocycles. The molecule has 0 aromatic carbocycles. The first-order valence-electron chi connectivity index (χ1n) is 7.08. The summed E-state index contributed by atoms with van der Waals surface area (Å²) in [6, 6.07) is 4.16. The van der Waals surface area contributed by atoms with Gasteiger partial charge in [0.2, 0.25) is 5.91 Å². The van der Waals surface area contributed by atoms with Crippen LogP contribution in [-0.4, -0.2) is 22.2 Å². The van der Waals surface area contributed by atoms with Gasteiger partial charge in [0.1, 0.15) is 0 Å². The number of pyridine rings is 1. The van der Waals surface area contributed by atoms with Gasteiger partial charge in [0.05, 0.1) is 10.6 Å². The average Bonchev–Trinajstić information content (AvgIpc) is 2.71. The third-order valence-electron chi connectivity index (χ3n) is 4.12. The van der Waals surface area contributed by atoms with Gasteiger partial charge in [0.15, 0.2) is 0 Å². The second kappa shape index (κ2) is 6.14. The third kappa shape index (κ3) is 3.33. The fraction of sp³-hybridized carbons (Fsp3) is 0.600. The third-order valence-corrected chi connectivity index (χ3v) is 5.07. The molecule has 110 valence electrons. The SMILES string of the molecule is Cc1cc(C)nc(SCCC2CCCC2(N)C(N)=O)c1. The lowest BCUT2D eigenvalue weighted by atomic mass is 9.85. The molecule has 0 bridgehead atoms. The molecule has 1 aromatic heterocycles. The lowest BCUT2D eigenvalue weighted by molar-refractivity contribution is -0.124. The Kier molecular flexibility index (Phi) is 4.70. The molecule has 20 heavy (non-hydrogen) atoms. The number of nitrogens with two attached hydrogens (primary N) is 2. The summed E-state index contributed by atoms with van der Waals surface area (Å²) in [5, 5.41) is 1.04. The lowest BCUT2D eigenvalue weighted by Crippen LogP contribution is -2.54. The quantitative estimate of drug-likeness (QED) is 0.815. The molecule has 1 aliphatic rings. The van der Waals surface area contributed by atoms with Crippen LogP contribution in [0.15, 0.2) is 17.2 Å². The maximum Gasteiger partial charge on any atom is 0.237 e. The van der Waals surface area contributed by atoms with Crippen molar-refractivity contribution in [2.75, 3.05) is 5.75 Å². The number of nitrogens with zero attached hydrogens (tertiary/aromatic N) is 1. The zero-order valence-corrected chi connectivity index (χ0v) is 13.0. The molecule has 4 N–H and O–H groups in total. The molecule has 2 rings (SSSR count). The van der Waals surface area contributed by atoms with E-state index in [-0.39, 0.29) is 11.8 Å². The molecular formula is C15H23N3OS. The monoisotopic (exact) mass is 293 g/mol. The van der Waals surface area contributed by atoms with E-state index in [1.165, 1.54) is 5.56 Å². The van der Waals surface area contributed by atoms with Gasteiger partial charge in [-0.05, 0) is 62.5 Å². The van der Waals surface area contributed by atoms with Gasteiger partial charge < -0.3 is 11.5 Å². The maximum absolute atomic E-state index is 11.5. The molecule has 1 amide bonds. The van der Waals surface area contributed by atoms with Crippen LogP contribution in [0.4, 0.5) is 0 Å². The van der Waals surface area contributed by atoms with Crippen LogP contribution in [0, 0.1) is 19.8 Å². The predicted molar refractivity (Wildman–Crippen MR) is 82.5 cm³/mol. The molecule has 0 saturated heterocycles. The Morgan fingerprint density at radius 1 is 1.50 bits per heavy atom. The number of thioether (sulfide) groups is 1. The Morgan fingerprint density at radius 2 is 2.25 bits per heavy atom. The topological polar surface area (TPSA) is 82.0 Å². The summed E-state index contributed by atoms with van der Waals surface area (Å²) >= 11 is 1.73. The molecule has 5 heteroatoms. The summed E-state index contributed by atoms with van der Waals surface area (Å²) in [6.07, 6.45) is 3.63. The minimum atomic E-state index is -0.795. The van der Waals surface area contributed by atoms with Gasteiger partial charge in [-0.15, -0.1) is 11.8 Å². The number of hydrogen-bond acceptors (Lipinski definition) is 4. The smallest absolute Gasteiger partial charge is 0.237 e. The van der Waals surface area contributed by atoms with Crippen molar-refractivity contribution in [3.05, 3.63) is 23.4 Å². The zero-order chi connectivity index (χ0) is 14.8. The molecule has 0 radical (unpaired) electrons. The molecular weight excluding hydrogens is 270 g/mol. The molecule has 0 aliphatic heterocycles. The van der Waals surface area contributed by atoms with Crippen LogP contribution in [0.3, 0.4) is 0 Å². The van der Waals surface area contributed by atoms with Gasteiger partial charge >= 0.3 is 0 Å². The van der Waals surface area contributed by atoms with Crippen LogP contribution >= 0.6 is 11.8 Å². The van der Waals surface area contributed by atoms with Gasteiger partial charge in [-0.3, -0.25) is 4.79 Å². The molecule has 2 atom stereocenters. The highest BCUT2D eigenvalue weighted by Gasteiger charge is 2.43. The van der Waals surface area contributed by atoms with E-state index >= 15 is 0 Å². The van der Waals surface area contributed by atoms with Crippen LogP contribution in [0.5, 0.6) is 0 Å². The van der Waals surface area contributed by atoms with Gasteiger partial charge in [-0.2, -0.15) is 0 Å². The highest BCUT2D eigenvalue weighted by atomic mass is 32.2. The number of rotatable bonds is 5. The number of primary amides is 1. The summed E-state index contributed by atoms with van der Waals surface area (Å²) < 4.78 is 0. The summed E-state index contributed by atoms with van der Waals surface area (Å²) in [5.74, 6) is 0.778. The molecule has 1 aromatic rings. The van der Waals surface area contributed by atoms with E-state index in [2.05, 4.69) is 24.0 Å². The predicted octanol–water partition coefficient (Wildman–Crippen LogP) is 2.16. The fourth-order valence-corrected chi connectivity index (χ4v) is 4.10. The Balaban J connectivity index is 1.91. The standard InChI is InChI=1S/C15H23N3OS/c1-10-8-11(2)18-13(9-10)20-7-5-12-4-3-6-15(12,17)14(16)19/h8-9,12H,3-7,17H2,1-2H3,(H2,16,19). The summed E-state index contributed by atoms with van der Waals surface area (Å²) in [7, 11) is 0. The van der Waals surface area contributed by atoms with E-state index in [0.29, 0.717) is 0 Å². The molecule has 4 nitrogen and oxygen atoms in total. The number of amides is 1. The normalized spacial score (nSPS) is 25.9. The average molecular weight is 293 g/mol. The number of carbonyl (C=O) groups excluding carboxylic acids is 1. The fourth-order valence-electron chi connectivity index (χ4n) is 3.01. The lowest BCUT2D eigenvalue weighted by Gasteiger charge is -2.27. The van der Waals surface area contributed by atoms with E-state index in [9.17, 15) is 4.79 Å². The molecule has 1 aliphatic carbocycles. The van der Waals surface area contributed by atoms with Crippen molar-refractivity contribution in [2.24, 2.45) is 17.4 Å². The summed E-state index contributed by atoms with van der Waals surface area (Å²) in [5.41, 5.74) is 13.1. The Hall–Kier alpha value is -1.07. The first-order chi connectivity index (χ1) is 9.41. The molecule has 0 spiro atoms. The highest BCUT2D eigenvalue weighted by molar-refractivity contribution is 7.99. The minimum absolute atomic E-state index is 0.207. The Bertz CT molecular complexity index is 486. The van der Waals surface area contributed by atoms with E-state index < -0.39 is 5.54 Å². The van der Waals surface area contributed by atoms with Crippen LogP contribution in [0.25, 0.3) is 0 Å². The van der Waals surface area contributed by atoms with Crippen LogP contribution < -0.4 is 11.5 Å². The number of aromatic nitrogens is 1. The van der Waals surface area contributed by atoms with Crippen molar-refractivity contribution in [3.8, 4) is 0 Å². The van der Waals surface area contributed by atoms with Crippen LogP contribution in [0.1, 0.15) is 36.9 Å². The number of hydrogen-bond donors (Lipinski definition) is 2. The van der Waals surface area contributed by atoms with Crippen molar-refractivity contribution in [1.29, 1.82) is 0 Å². The van der Waals surface area contributed by atoms with Gasteiger partial charge in [-0.25, -0.2) is 4.98 Å². The van der Waals surface area contributed by atoms with E-state index in [1.54, 1.807) is 11.8 Å². The minimum Gasteiger partial charge on any atom is -0.368 e. The van der Waals surface area contributed by atoms with Crippen molar-refractivity contribution in [3.63, 3.8) is 0 Å². The van der Waals surface area contributed by atoms with Gasteiger partial charge in [0.25, 0.3) is 0 Å². The largest absolute Gasteiger partial charge is 0.368 e. The molecule has 1 saturated carbocycles. The summed E-state index contributed by atoms with van der Waals surface area (Å²) in [6.45, 7) is 4.08.